The van der Waals surface area contributed by atoms with Crippen molar-refractivity contribution in [3.8, 4) is 0 Å². The Morgan fingerprint density at radius 1 is 1.85 bits per heavy atom. The van der Waals surface area contributed by atoms with Gasteiger partial charge in [0.25, 0.3) is 0 Å². The van der Waals surface area contributed by atoms with Crippen LogP contribution in [0.5, 0.6) is 0 Å². The maximum Gasteiger partial charge on any atom is 0.350 e. The van der Waals surface area contributed by atoms with Gasteiger partial charge in [0.15, 0.2) is 0 Å². The molecule has 0 spiro atoms. The molecule has 0 saturated carbocycles. The largest absolute Gasteiger partial charge is 0.457 e. The smallest absolute Gasteiger partial charge is 0.350 e. The fourth-order valence-corrected chi connectivity index (χ4v) is 1.78. The third-order valence-electron chi connectivity index (χ3n) is 1.25. The summed E-state index contributed by atoms with van der Waals surface area (Å²) in [5, 5.41) is 0. The van der Waals surface area contributed by atoms with Crippen LogP contribution in [-0.4, -0.2) is 12.6 Å². The quantitative estimate of drug-likeness (QED) is 0.625. The van der Waals surface area contributed by atoms with Crippen LogP contribution in [0.4, 0.5) is 5.69 Å². The summed E-state index contributed by atoms with van der Waals surface area (Å²) in [5.74, 6) is -0.464. The lowest BCUT2D eigenvalue weighted by Crippen LogP contribution is -2.04. The number of halogens is 1. The molecule has 0 fully saturated rings. The molecule has 0 radical (unpaired) electrons. The van der Waals surface area contributed by atoms with Crippen molar-refractivity contribution in [3.05, 3.63) is 27.9 Å². The topological polar surface area (TPSA) is 52.3 Å². The van der Waals surface area contributed by atoms with Crippen molar-refractivity contribution in [1.82, 2.24) is 0 Å². The first-order chi connectivity index (χ1) is 6.15. The number of nitrogens with two attached hydrogens (primary N) is 1. The van der Waals surface area contributed by atoms with E-state index >= 15 is 0 Å². The first-order valence-corrected chi connectivity index (χ1v) is 4.67. The van der Waals surface area contributed by atoms with Crippen molar-refractivity contribution in [2.75, 3.05) is 12.3 Å². The number of carbonyl (C=O) groups excluding carboxylic acids is 1. The number of esters is 1. The second-order valence-electron chi connectivity index (χ2n) is 2.22. The average molecular weight is 218 g/mol. The molecular formula is C8H8ClNO2S. The summed E-state index contributed by atoms with van der Waals surface area (Å²) in [6, 6.07) is 1.52. The zero-order chi connectivity index (χ0) is 9.84. The van der Waals surface area contributed by atoms with E-state index in [1.165, 1.54) is 12.1 Å². The van der Waals surface area contributed by atoms with Crippen LogP contribution in [0, 0.1) is 0 Å². The van der Waals surface area contributed by atoms with Crippen molar-refractivity contribution in [2.24, 2.45) is 0 Å². The molecule has 0 unspecified atom stereocenters. The summed E-state index contributed by atoms with van der Waals surface area (Å²) in [5.41, 5.74) is 5.86. The number of ether oxygens (including phenoxy) is 1. The van der Waals surface area contributed by atoms with E-state index in [0.717, 1.165) is 11.3 Å². The minimum atomic E-state index is -0.464. The van der Waals surface area contributed by atoms with E-state index < -0.39 is 5.97 Å². The number of hydrogen-bond donors (Lipinski definition) is 1. The highest BCUT2D eigenvalue weighted by atomic mass is 35.5. The molecule has 2 N–H and O–H groups in total. The minimum absolute atomic E-state index is 0.174. The lowest BCUT2D eigenvalue weighted by atomic mass is 10.4. The Morgan fingerprint density at radius 2 is 2.54 bits per heavy atom. The summed E-state index contributed by atoms with van der Waals surface area (Å²) in [6.45, 7) is 3.60. The summed E-state index contributed by atoms with van der Waals surface area (Å²) < 4.78 is 5.26. The Hall–Kier alpha value is -1.00. The molecule has 0 aliphatic heterocycles. The van der Waals surface area contributed by atoms with Crippen LogP contribution in [0.15, 0.2) is 18.7 Å². The van der Waals surface area contributed by atoms with Crippen molar-refractivity contribution in [2.45, 2.75) is 0 Å². The number of thiophene rings is 1. The lowest BCUT2D eigenvalue weighted by Gasteiger charge is -1.98. The molecule has 1 aromatic rings. The van der Waals surface area contributed by atoms with Gasteiger partial charge in [-0.15, -0.1) is 11.3 Å². The molecule has 70 valence electrons. The Kier molecular flexibility index (Phi) is 3.33. The summed E-state index contributed by atoms with van der Waals surface area (Å²) in [4.78, 5) is 11.6. The zero-order valence-electron chi connectivity index (χ0n) is 6.75. The molecule has 0 amide bonds. The molecule has 0 aliphatic rings. The van der Waals surface area contributed by atoms with Gasteiger partial charge in [-0.1, -0.05) is 24.3 Å². The molecule has 5 heteroatoms. The molecule has 1 heterocycles. The first kappa shape index (κ1) is 10.1. The van der Waals surface area contributed by atoms with Gasteiger partial charge in [-0.3, -0.25) is 0 Å². The van der Waals surface area contributed by atoms with Crippen LogP contribution in [-0.2, 0) is 4.74 Å². The normalized spacial score (nSPS) is 9.62. The Balaban J connectivity index is 2.76. The van der Waals surface area contributed by atoms with Gasteiger partial charge in [-0.2, -0.15) is 0 Å². The van der Waals surface area contributed by atoms with Crippen LogP contribution < -0.4 is 5.73 Å². The first-order valence-electron chi connectivity index (χ1n) is 3.48. The monoisotopic (exact) mass is 217 g/mol. The van der Waals surface area contributed by atoms with E-state index in [1.807, 2.05) is 0 Å². The molecule has 0 aliphatic carbocycles. The minimum Gasteiger partial charge on any atom is -0.457 e. The highest BCUT2D eigenvalue weighted by Gasteiger charge is 2.14. The second kappa shape index (κ2) is 4.30. The van der Waals surface area contributed by atoms with Crippen molar-refractivity contribution in [1.29, 1.82) is 0 Å². The highest BCUT2D eigenvalue weighted by molar-refractivity contribution is 7.18. The van der Waals surface area contributed by atoms with E-state index in [4.69, 9.17) is 22.1 Å². The second-order valence-corrected chi connectivity index (χ2v) is 3.91. The van der Waals surface area contributed by atoms with Gasteiger partial charge >= 0.3 is 5.97 Å². The van der Waals surface area contributed by atoms with Gasteiger partial charge < -0.3 is 10.5 Å². The van der Waals surface area contributed by atoms with E-state index in [0.29, 0.717) is 14.9 Å². The van der Waals surface area contributed by atoms with Gasteiger partial charge in [-0.25, -0.2) is 4.79 Å². The number of nitrogen functional groups attached to an aromatic ring is 1. The average Bonchev–Trinajstić information content (AvgIpc) is 2.41. The van der Waals surface area contributed by atoms with Crippen LogP contribution in [0.2, 0.25) is 4.34 Å². The van der Waals surface area contributed by atoms with Crippen LogP contribution in [0.1, 0.15) is 9.67 Å². The fraction of sp³-hybridized carbons (Fsp3) is 0.125. The third kappa shape index (κ3) is 2.47. The fourth-order valence-electron chi connectivity index (χ4n) is 0.733. The number of hydrogen-bond acceptors (Lipinski definition) is 4. The number of anilines is 1. The predicted molar refractivity (Wildman–Crippen MR) is 54.2 cm³/mol. The molecule has 0 bridgehead atoms. The molecule has 0 aromatic carbocycles. The van der Waals surface area contributed by atoms with Crippen molar-refractivity contribution in [3.63, 3.8) is 0 Å². The molecule has 0 atom stereocenters. The van der Waals surface area contributed by atoms with Crippen molar-refractivity contribution >= 4 is 34.6 Å². The van der Waals surface area contributed by atoms with Gasteiger partial charge in [0.1, 0.15) is 11.5 Å². The summed E-state index contributed by atoms with van der Waals surface area (Å²) >= 11 is 6.76. The third-order valence-corrected chi connectivity index (χ3v) is 2.51. The Labute approximate surface area is 84.8 Å². The van der Waals surface area contributed by atoms with Gasteiger partial charge in [-0.05, 0) is 6.07 Å². The maximum absolute atomic E-state index is 11.2. The number of rotatable bonds is 3. The molecule has 1 aromatic heterocycles. The maximum atomic E-state index is 11.2. The summed E-state index contributed by atoms with van der Waals surface area (Å²) in [7, 11) is 0. The molecule has 1 rings (SSSR count). The molecule has 0 saturated heterocycles. The highest BCUT2D eigenvalue weighted by Crippen LogP contribution is 2.29. The number of carbonyl (C=O) groups is 1. The van der Waals surface area contributed by atoms with Gasteiger partial charge in [0.05, 0.1) is 10.0 Å². The van der Waals surface area contributed by atoms with E-state index in [1.54, 1.807) is 0 Å². The Bertz CT molecular complexity index is 335. The van der Waals surface area contributed by atoms with Gasteiger partial charge in [0, 0.05) is 0 Å². The Morgan fingerprint density at radius 3 is 3.00 bits per heavy atom. The van der Waals surface area contributed by atoms with Crippen LogP contribution >= 0.6 is 22.9 Å². The van der Waals surface area contributed by atoms with Crippen LogP contribution in [0.25, 0.3) is 0 Å². The van der Waals surface area contributed by atoms with Gasteiger partial charge in [0.2, 0.25) is 0 Å². The molecular weight excluding hydrogens is 210 g/mol. The molecule has 3 nitrogen and oxygen atoms in total. The van der Waals surface area contributed by atoms with Crippen molar-refractivity contribution < 1.29 is 9.53 Å². The predicted octanol–water partition coefficient (Wildman–Crippen LogP) is 2.33. The van der Waals surface area contributed by atoms with Crippen LogP contribution in [0.3, 0.4) is 0 Å². The molecule has 13 heavy (non-hydrogen) atoms. The zero-order valence-corrected chi connectivity index (χ0v) is 8.32. The standard InChI is InChI=1S/C8H8ClNO2S/c1-2-3-12-8(11)7-5(10)4-6(9)13-7/h2,4H,1,3,10H2. The van der Waals surface area contributed by atoms with E-state index in [-0.39, 0.29) is 6.61 Å². The lowest BCUT2D eigenvalue weighted by molar-refractivity contribution is 0.0556. The van der Waals surface area contributed by atoms with E-state index in [9.17, 15) is 4.79 Å². The summed E-state index contributed by atoms with van der Waals surface area (Å²) in [6.07, 6.45) is 1.49. The SMILES string of the molecule is C=CCOC(=O)c1sc(Cl)cc1N. The van der Waals surface area contributed by atoms with E-state index in [2.05, 4.69) is 6.58 Å².